The zero-order valence-corrected chi connectivity index (χ0v) is 21.6. The molecule has 28 heavy (non-hydrogen) atoms. The molecule has 2 aliphatic heterocycles. The van der Waals surface area contributed by atoms with E-state index < -0.39 is 24.2 Å². The van der Waals surface area contributed by atoms with Gasteiger partial charge in [-0.25, -0.2) is 0 Å². The topological polar surface area (TPSA) is 47.6 Å². The first-order valence-corrected chi connectivity index (χ1v) is 19.5. The van der Waals surface area contributed by atoms with Gasteiger partial charge < -0.3 is 0 Å². The molecule has 0 bridgehead atoms. The van der Waals surface area contributed by atoms with Gasteiger partial charge in [-0.15, -0.1) is 0 Å². The van der Waals surface area contributed by atoms with E-state index >= 15 is 0 Å². The molecule has 4 nitrogen and oxygen atoms in total. The standard InChI is InChI=1S/C11H16NO3.3C4H9.Sn/c1-8-6-9(7-12-10(8)13)11(2)14-4-3-5-15-11;3*1-3-4-2;/h1,9H,3-7H2,2H3,(H,12,13);3*1,3-4H2,2H3;. The third kappa shape index (κ3) is 6.73. The van der Waals surface area contributed by atoms with E-state index in [1.54, 1.807) is 0 Å². The van der Waals surface area contributed by atoms with Gasteiger partial charge in [0.15, 0.2) is 0 Å². The SMILES string of the molecule is CCC[CH2][Sn](/[CH]=C1/CC(C2(C)OCCCO2)CNC1=O)([CH2]CCC)[CH2]CCC. The zero-order valence-electron chi connectivity index (χ0n) is 18.8. The predicted octanol–water partition coefficient (Wildman–Crippen LogP) is 5.59. The maximum atomic E-state index is 12.8. The van der Waals surface area contributed by atoms with Crippen LogP contribution in [0.1, 0.15) is 79.1 Å². The first kappa shape index (κ1) is 24.2. The first-order valence-electron chi connectivity index (χ1n) is 11.8. The summed E-state index contributed by atoms with van der Waals surface area (Å²) in [4.78, 5) is 12.8. The van der Waals surface area contributed by atoms with E-state index in [-0.39, 0.29) is 11.8 Å². The van der Waals surface area contributed by atoms with Gasteiger partial charge in [-0.3, -0.25) is 0 Å². The summed E-state index contributed by atoms with van der Waals surface area (Å²) in [7, 11) is 0. The molecule has 1 amide bonds. The Balaban J connectivity index is 2.25. The summed E-state index contributed by atoms with van der Waals surface area (Å²) < 4.78 is 18.8. The van der Waals surface area contributed by atoms with Crippen molar-refractivity contribution in [2.24, 2.45) is 5.92 Å². The zero-order chi connectivity index (χ0) is 20.5. The molecule has 5 heteroatoms. The number of ether oxygens (including phenoxy) is 2. The van der Waals surface area contributed by atoms with Crippen molar-refractivity contribution in [3.8, 4) is 0 Å². The van der Waals surface area contributed by atoms with Gasteiger partial charge in [0.25, 0.3) is 0 Å². The monoisotopic (exact) mass is 501 g/mol. The van der Waals surface area contributed by atoms with Crippen molar-refractivity contribution in [2.75, 3.05) is 19.8 Å². The molecule has 1 atom stereocenters. The number of rotatable bonds is 11. The molecule has 0 aromatic rings. The second-order valence-electron chi connectivity index (χ2n) is 9.02. The van der Waals surface area contributed by atoms with Gasteiger partial charge in [0, 0.05) is 0 Å². The average Bonchev–Trinajstić information content (AvgIpc) is 2.71. The molecule has 0 radical (unpaired) electrons. The van der Waals surface area contributed by atoms with Crippen molar-refractivity contribution in [2.45, 2.75) is 98.2 Å². The molecular formula is C23H43NO3Sn. The van der Waals surface area contributed by atoms with Crippen LogP contribution >= 0.6 is 0 Å². The van der Waals surface area contributed by atoms with Gasteiger partial charge >= 0.3 is 177 Å². The van der Waals surface area contributed by atoms with E-state index in [0.717, 1.165) is 31.6 Å². The predicted molar refractivity (Wildman–Crippen MR) is 119 cm³/mol. The molecule has 2 fully saturated rings. The number of unbranched alkanes of at least 4 members (excludes halogenated alkanes) is 3. The van der Waals surface area contributed by atoms with Crippen molar-refractivity contribution in [3.63, 3.8) is 0 Å². The summed E-state index contributed by atoms with van der Waals surface area (Å²) in [6, 6.07) is 0. The number of nitrogens with one attached hydrogen (secondary N) is 1. The molecule has 2 aliphatic rings. The van der Waals surface area contributed by atoms with Crippen molar-refractivity contribution in [3.05, 3.63) is 9.67 Å². The van der Waals surface area contributed by atoms with Crippen LogP contribution in [0, 0.1) is 5.92 Å². The average molecular weight is 500 g/mol. The van der Waals surface area contributed by atoms with Crippen molar-refractivity contribution >= 4 is 24.3 Å². The Hall–Kier alpha value is -0.0713. The van der Waals surface area contributed by atoms with Crippen LogP contribution in [0.3, 0.4) is 0 Å². The molecule has 0 spiro atoms. The fourth-order valence-electron chi connectivity index (χ4n) is 4.69. The second-order valence-corrected chi connectivity index (χ2v) is 21.9. The van der Waals surface area contributed by atoms with E-state index in [9.17, 15) is 4.79 Å². The van der Waals surface area contributed by atoms with Crippen LogP contribution in [0.15, 0.2) is 9.67 Å². The summed E-state index contributed by atoms with van der Waals surface area (Å²) in [5.74, 6) is -0.176. The van der Waals surface area contributed by atoms with Gasteiger partial charge in [-0.2, -0.15) is 0 Å². The minimum absolute atomic E-state index is 0.168. The van der Waals surface area contributed by atoms with E-state index in [0.29, 0.717) is 6.54 Å². The Kier molecular flexibility index (Phi) is 10.3. The third-order valence-corrected chi connectivity index (χ3v) is 20.9. The van der Waals surface area contributed by atoms with Crippen LogP contribution in [0.4, 0.5) is 0 Å². The van der Waals surface area contributed by atoms with Crippen molar-refractivity contribution in [1.29, 1.82) is 0 Å². The van der Waals surface area contributed by atoms with Gasteiger partial charge in [0.1, 0.15) is 0 Å². The van der Waals surface area contributed by atoms with Gasteiger partial charge in [0.05, 0.1) is 0 Å². The van der Waals surface area contributed by atoms with Crippen LogP contribution in [0.25, 0.3) is 0 Å². The fraction of sp³-hybridized carbons (Fsp3) is 0.870. The molecule has 1 N–H and O–H groups in total. The molecule has 0 saturated carbocycles. The molecule has 0 aliphatic carbocycles. The quantitative estimate of drug-likeness (QED) is 0.297. The van der Waals surface area contributed by atoms with Crippen LogP contribution in [-0.2, 0) is 14.3 Å². The molecule has 0 aromatic carbocycles. The minimum atomic E-state index is -2.49. The van der Waals surface area contributed by atoms with Gasteiger partial charge in [0.2, 0.25) is 0 Å². The van der Waals surface area contributed by atoms with Gasteiger partial charge in [-0.1, -0.05) is 0 Å². The second kappa shape index (κ2) is 11.9. The van der Waals surface area contributed by atoms with Crippen LogP contribution in [-0.4, -0.2) is 49.8 Å². The van der Waals surface area contributed by atoms with Gasteiger partial charge in [-0.05, 0) is 0 Å². The normalized spacial score (nSPS) is 24.4. The molecule has 1 unspecified atom stereocenters. The molecule has 2 saturated heterocycles. The Morgan fingerprint density at radius 3 is 2.07 bits per heavy atom. The van der Waals surface area contributed by atoms with E-state index in [4.69, 9.17) is 9.47 Å². The van der Waals surface area contributed by atoms with Crippen LogP contribution in [0.5, 0.6) is 0 Å². The number of amides is 1. The number of carbonyl (C=O) groups is 1. The summed E-state index contributed by atoms with van der Waals surface area (Å²) in [5, 5.41) is 3.16. The Labute approximate surface area is 177 Å². The molecule has 2 heterocycles. The molecule has 0 aromatic heterocycles. The van der Waals surface area contributed by atoms with E-state index in [2.05, 4.69) is 37.1 Å². The molecule has 2 rings (SSSR count). The summed E-state index contributed by atoms with van der Waals surface area (Å²) in [6.07, 6.45) is 9.51. The first-order chi connectivity index (χ1) is 13.5. The Morgan fingerprint density at radius 1 is 1.04 bits per heavy atom. The Morgan fingerprint density at radius 2 is 1.57 bits per heavy atom. The van der Waals surface area contributed by atoms with Crippen molar-refractivity contribution in [1.82, 2.24) is 5.32 Å². The molecule has 162 valence electrons. The number of piperidine rings is 1. The summed E-state index contributed by atoms with van der Waals surface area (Å²) >= 11 is -2.49. The maximum absolute atomic E-state index is 12.8. The Bertz CT molecular complexity index is 492. The van der Waals surface area contributed by atoms with E-state index in [1.165, 1.54) is 51.8 Å². The van der Waals surface area contributed by atoms with Crippen LogP contribution in [0.2, 0.25) is 13.3 Å². The van der Waals surface area contributed by atoms with Crippen molar-refractivity contribution < 1.29 is 14.3 Å². The fourth-order valence-corrected chi connectivity index (χ4v) is 19.9. The summed E-state index contributed by atoms with van der Waals surface area (Å²) in [5.41, 5.74) is 1.05. The van der Waals surface area contributed by atoms with Crippen LogP contribution < -0.4 is 5.32 Å². The van der Waals surface area contributed by atoms with E-state index in [1.807, 2.05) is 0 Å². The third-order valence-electron chi connectivity index (χ3n) is 6.64. The molecular weight excluding hydrogens is 457 g/mol. The number of hydrogen-bond acceptors (Lipinski definition) is 3. The summed E-state index contributed by atoms with van der Waals surface area (Å²) in [6.45, 7) is 11.1. The number of carbonyl (C=O) groups excluding carboxylic acids is 1. The number of hydrogen-bond donors (Lipinski definition) is 1.